The lowest BCUT2D eigenvalue weighted by Crippen LogP contribution is -2.39. The summed E-state index contributed by atoms with van der Waals surface area (Å²) in [5, 5.41) is 3.18. The Morgan fingerprint density at radius 3 is 2.67 bits per heavy atom. The number of guanidine groups is 1. The third-order valence-electron chi connectivity index (χ3n) is 3.54. The maximum Gasteiger partial charge on any atom is 0.214 e. The van der Waals surface area contributed by atoms with Crippen LogP contribution in [0.3, 0.4) is 0 Å². The van der Waals surface area contributed by atoms with Crippen molar-refractivity contribution in [2.75, 3.05) is 25.4 Å². The van der Waals surface area contributed by atoms with E-state index in [2.05, 4.69) is 10.3 Å². The lowest BCUT2D eigenvalue weighted by molar-refractivity contribution is 0.452. The van der Waals surface area contributed by atoms with Crippen molar-refractivity contribution < 1.29 is 8.42 Å². The molecule has 0 aromatic carbocycles. The molecule has 1 heterocycles. The summed E-state index contributed by atoms with van der Waals surface area (Å²) >= 11 is 0. The number of hydrogen-bond donors (Lipinski definition) is 2. The highest BCUT2D eigenvalue weighted by molar-refractivity contribution is 7.89. The SMILES string of the molecule is NC(=NCCN1CCCS1(=O)=O)NC1CCCC1. The first-order valence-corrected chi connectivity index (χ1v) is 8.23. The summed E-state index contributed by atoms with van der Waals surface area (Å²) in [7, 11) is -3.00. The first kappa shape index (κ1) is 13.6. The van der Waals surface area contributed by atoms with Crippen molar-refractivity contribution in [3.63, 3.8) is 0 Å². The van der Waals surface area contributed by atoms with Crippen molar-refractivity contribution in [2.24, 2.45) is 10.7 Å². The Morgan fingerprint density at radius 2 is 2.06 bits per heavy atom. The summed E-state index contributed by atoms with van der Waals surface area (Å²) in [5.41, 5.74) is 5.78. The van der Waals surface area contributed by atoms with E-state index in [1.807, 2.05) is 0 Å². The number of nitrogens with one attached hydrogen (secondary N) is 1. The molecule has 1 aliphatic carbocycles. The molecule has 0 bridgehead atoms. The smallest absolute Gasteiger partial charge is 0.214 e. The number of nitrogens with zero attached hydrogens (tertiary/aromatic N) is 2. The van der Waals surface area contributed by atoms with Crippen LogP contribution < -0.4 is 11.1 Å². The lowest BCUT2D eigenvalue weighted by Gasteiger charge is -2.14. The van der Waals surface area contributed by atoms with Gasteiger partial charge in [-0.1, -0.05) is 12.8 Å². The average molecular weight is 274 g/mol. The van der Waals surface area contributed by atoms with Crippen LogP contribution in [0.25, 0.3) is 0 Å². The Labute approximate surface area is 109 Å². The second-order valence-electron chi connectivity index (χ2n) is 4.96. The van der Waals surface area contributed by atoms with Crippen LogP contribution in [0, 0.1) is 0 Å². The van der Waals surface area contributed by atoms with Crippen LogP contribution in [0.15, 0.2) is 4.99 Å². The van der Waals surface area contributed by atoms with Gasteiger partial charge in [0.15, 0.2) is 5.96 Å². The van der Waals surface area contributed by atoms with E-state index in [0.717, 1.165) is 19.3 Å². The predicted octanol–water partition coefficient (Wildman–Crippen LogP) is -0.131. The van der Waals surface area contributed by atoms with Gasteiger partial charge in [0.1, 0.15) is 0 Å². The molecule has 0 unspecified atom stereocenters. The zero-order valence-electron chi connectivity index (χ0n) is 10.6. The van der Waals surface area contributed by atoms with E-state index in [0.29, 0.717) is 31.6 Å². The minimum atomic E-state index is -3.00. The highest BCUT2D eigenvalue weighted by atomic mass is 32.2. The molecule has 1 saturated carbocycles. The van der Waals surface area contributed by atoms with Crippen LogP contribution in [0.4, 0.5) is 0 Å². The van der Waals surface area contributed by atoms with Gasteiger partial charge in [-0.2, -0.15) is 0 Å². The van der Waals surface area contributed by atoms with E-state index in [9.17, 15) is 8.42 Å². The van der Waals surface area contributed by atoms with Crippen molar-refractivity contribution in [3.8, 4) is 0 Å². The zero-order chi connectivity index (χ0) is 13.0. The quantitative estimate of drug-likeness (QED) is 0.552. The molecule has 3 N–H and O–H groups in total. The molecule has 2 aliphatic rings. The fraction of sp³-hybridized carbons (Fsp3) is 0.909. The summed E-state index contributed by atoms with van der Waals surface area (Å²) in [6.45, 7) is 1.49. The molecule has 2 fully saturated rings. The van der Waals surface area contributed by atoms with Gasteiger partial charge in [0.05, 0.1) is 12.3 Å². The van der Waals surface area contributed by atoms with E-state index in [1.165, 1.54) is 17.1 Å². The second-order valence-corrected chi connectivity index (χ2v) is 7.05. The van der Waals surface area contributed by atoms with Gasteiger partial charge in [-0.15, -0.1) is 0 Å². The van der Waals surface area contributed by atoms with Crippen molar-refractivity contribution in [1.29, 1.82) is 0 Å². The average Bonchev–Trinajstić information content (AvgIpc) is 2.89. The molecule has 6 nitrogen and oxygen atoms in total. The molecule has 0 aromatic heterocycles. The third-order valence-corrected chi connectivity index (χ3v) is 5.50. The minimum absolute atomic E-state index is 0.270. The molecule has 0 atom stereocenters. The third kappa shape index (κ3) is 3.58. The van der Waals surface area contributed by atoms with Gasteiger partial charge in [0.2, 0.25) is 10.0 Å². The normalized spacial score (nSPS) is 25.7. The number of rotatable bonds is 4. The van der Waals surface area contributed by atoms with Gasteiger partial charge in [-0.25, -0.2) is 12.7 Å². The number of hydrogen-bond acceptors (Lipinski definition) is 3. The number of nitrogens with two attached hydrogens (primary N) is 1. The van der Waals surface area contributed by atoms with Gasteiger partial charge >= 0.3 is 0 Å². The molecular formula is C11H22N4O2S. The van der Waals surface area contributed by atoms with Crippen LogP contribution in [-0.4, -0.2) is 50.1 Å². The Bertz CT molecular complexity index is 401. The molecular weight excluding hydrogens is 252 g/mol. The lowest BCUT2D eigenvalue weighted by atomic mass is 10.2. The van der Waals surface area contributed by atoms with Crippen molar-refractivity contribution in [2.45, 2.75) is 38.1 Å². The van der Waals surface area contributed by atoms with E-state index >= 15 is 0 Å². The fourth-order valence-electron chi connectivity index (χ4n) is 2.55. The van der Waals surface area contributed by atoms with E-state index < -0.39 is 10.0 Å². The second kappa shape index (κ2) is 5.88. The Balaban J connectivity index is 1.73. The summed E-state index contributed by atoms with van der Waals surface area (Å²) in [4.78, 5) is 4.19. The highest BCUT2D eigenvalue weighted by Gasteiger charge is 2.27. The van der Waals surface area contributed by atoms with Crippen LogP contribution in [0.1, 0.15) is 32.1 Å². The number of aliphatic imine (C=N–C) groups is 1. The Hall–Kier alpha value is -0.820. The maximum absolute atomic E-state index is 11.5. The van der Waals surface area contributed by atoms with Crippen LogP contribution in [0.5, 0.6) is 0 Å². The highest BCUT2D eigenvalue weighted by Crippen LogP contribution is 2.17. The molecule has 7 heteroatoms. The molecule has 0 radical (unpaired) electrons. The standard InChI is InChI=1S/C11H22N4O2S/c12-11(14-10-4-1-2-5-10)13-6-8-15-7-3-9-18(15,16)17/h10H,1-9H2,(H3,12,13,14). The monoisotopic (exact) mass is 274 g/mol. The molecule has 1 saturated heterocycles. The van der Waals surface area contributed by atoms with Crippen LogP contribution in [0.2, 0.25) is 0 Å². The number of sulfonamides is 1. The predicted molar refractivity (Wildman–Crippen MR) is 71.9 cm³/mol. The Kier molecular flexibility index (Phi) is 4.45. The molecule has 0 aromatic rings. The van der Waals surface area contributed by atoms with Crippen LogP contribution >= 0.6 is 0 Å². The fourth-order valence-corrected chi connectivity index (χ4v) is 4.07. The van der Waals surface area contributed by atoms with Gasteiger partial charge in [-0.3, -0.25) is 4.99 Å². The largest absolute Gasteiger partial charge is 0.370 e. The van der Waals surface area contributed by atoms with E-state index in [4.69, 9.17) is 5.73 Å². The van der Waals surface area contributed by atoms with Gasteiger partial charge in [0, 0.05) is 19.1 Å². The zero-order valence-corrected chi connectivity index (χ0v) is 11.5. The molecule has 1 aliphatic heterocycles. The van der Waals surface area contributed by atoms with Gasteiger partial charge in [-0.05, 0) is 19.3 Å². The molecule has 18 heavy (non-hydrogen) atoms. The van der Waals surface area contributed by atoms with Crippen molar-refractivity contribution >= 4 is 16.0 Å². The molecule has 104 valence electrons. The maximum atomic E-state index is 11.5. The Morgan fingerprint density at radius 1 is 1.33 bits per heavy atom. The molecule has 0 amide bonds. The van der Waals surface area contributed by atoms with Crippen molar-refractivity contribution in [3.05, 3.63) is 0 Å². The molecule has 0 spiro atoms. The van der Waals surface area contributed by atoms with Crippen LogP contribution in [-0.2, 0) is 10.0 Å². The van der Waals surface area contributed by atoms with Gasteiger partial charge in [0.25, 0.3) is 0 Å². The minimum Gasteiger partial charge on any atom is -0.370 e. The van der Waals surface area contributed by atoms with Gasteiger partial charge < -0.3 is 11.1 Å². The van der Waals surface area contributed by atoms with E-state index in [1.54, 1.807) is 0 Å². The summed E-state index contributed by atoms with van der Waals surface area (Å²) in [6.07, 6.45) is 5.52. The summed E-state index contributed by atoms with van der Waals surface area (Å²) < 4.78 is 24.6. The summed E-state index contributed by atoms with van der Waals surface area (Å²) in [5.74, 6) is 0.713. The summed E-state index contributed by atoms with van der Waals surface area (Å²) in [6, 6.07) is 0.448. The topological polar surface area (TPSA) is 87.8 Å². The van der Waals surface area contributed by atoms with E-state index in [-0.39, 0.29) is 5.75 Å². The van der Waals surface area contributed by atoms with Crippen molar-refractivity contribution in [1.82, 2.24) is 9.62 Å². The first-order valence-electron chi connectivity index (χ1n) is 6.62. The first-order chi connectivity index (χ1) is 8.58. The molecule has 2 rings (SSSR count).